The number of allylic oxidation sites excluding steroid dienone is 1. The molecule has 3 aromatic rings. The van der Waals surface area contributed by atoms with Crippen LogP contribution in [0.25, 0.3) is 22.3 Å². The summed E-state index contributed by atoms with van der Waals surface area (Å²) in [5.74, 6) is -1.14. The number of nitrogens with one attached hydrogen (secondary N) is 1. The van der Waals surface area contributed by atoms with Crippen molar-refractivity contribution in [1.29, 1.82) is 0 Å². The first-order valence-corrected chi connectivity index (χ1v) is 15.8. The third-order valence-electron chi connectivity index (χ3n) is 9.66. The fraction of sp³-hybridized carbons (Fsp3) is 0.457. The Bertz CT molecular complexity index is 1690. The van der Waals surface area contributed by atoms with Crippen molar-refractivity contribution in [2.24, 2.45) is 17.8 Å². The van der Waals surface area contributed by atoms with Crippen molar-refractivity contribution in [3.05, 3.63) is 54.1 Å². The Morgan fingerprint density at radius 1 is 1.02 bits per heavy atom. The lowest BCUT2D eigenvalue weighted by molar-refractivity contribution is -0.145. The van der Waals surface area contributed by atoms with Gasteiger partial charge in [0, 0.05) is 30.6 Å². The van der Waals surface area contributed by atoms with Crippen LogP contribution < -0.4 is 19.5 Å². The molecule has 2 fully saturated rings. The van der Waals surface area contributed by atoms with Crippen LogP contribution >= 0.6 is 0 Å². The number of methoxy groups -OCH3 is 2. The average molecular weight is 629 g/mol. The molecule has 1 aromatic heterocycles. The first kappa shape index (κ1) is 31.3. The van der Waals surface area contributed by atoms with Gasteiger partial charge in [-0.2, -0.15) is 4.98 Å². The number of aromatic nitrogens is 2. The normalized spacial score (nSPS) is 27.2. The largest absolute Gasteiger partial charge is 0.497 e. The van der Waals surface area contributed by atoms with Crippen LogP contribution in [0.4, 0.5) is 0 Å². The van der Waals surface area contributed by atoms with Gasteiger partial charge < -0.3 is 29.5 Å². The monoisotopic (exact) mass is 628 g/mol. The number of hydrogen-bond acceptors (Lipinski definition) is 8. The highest BCUT2D eigenvalue weighted by atomic mass is 16.5. The second kappa shape index (κ2) is 12.6. The number of carboxylic acid groups (broad SMARTS) is 1. The van der Waals surface area contributed by atoms with Crippen molar-refractivity contribution >= 4 is 28.7 Å². The molecule has 3 aliphatic rings. The van der Waals surface area contributed by atoms with Crippen molar-refractivity contribution in [2.45, 2.75) is 57.1 Å². The van der Waals surface area contributed by atoms with Gasteiger partial charge in [0.1, 0.15) is 23.1 Å². The van der Waals surface area contributed by atoms with E-state index < -0.39 is 35.4 Å². The smallest absolute Gasteiger partial charge is 0.330 e. The summed E-state index contributed by atoms with van der Waals surface area (Å²) < 4.78 is 17.5. The van der Waals surface area contributed by atoms with Gasteiger partial charge in [0.15, 0.2) is 5.82 Å². The Kier molecular flexibility index (Phi) is 8.59. The average Bonchev–Trinajstić information content (AvgIpc) is 3.59. The van der Waals surface area contributed by atoms with E-state index in [1.54, 1.807) is 26.2 Å². The van der Waals surface area contributed by atoms with Crippen LogP contribution in [0.2, 0.25) is 0 Å². The number of carboxylic acids is 1. The fourth-order valence-corrected chi connectivity index (χ4v) is 6.81. The summed E-state index contributed by atoms with van der Waals surface area (Å²) in [6, 6.07) is 11.1. The van der Waals surface area contributed by atoms with E-state index >= 15 is 0 Å². The molecule has 0 unspecified atom stereocenters. The molecule has 2 aliphatic carbocycles. The predicted octanol–water partition coefficient (Wildman–Crippen LogP) is 4.55. The molecule has 11 heteroatoms. The zero-order valence-corrected chi connectivity index (χ0v) is 26.6. The second-order valence-electron chi connectivity index (χ2n) is 12.6. The van der Waals surface area contributed by atoms with E-state index in [4.69, 9.17) is 24.2 Å². The molecular formula is C35H40N4O7. The van der Waals surface area contributed by atoms with Crippen molar-refractivity contribution in [3.8, 4) is 28.8 Å². The molecule has 2 aromatic carbocycles. The number of nitrogens with zero attached hydrogens (tertiary/aromatic N) is 3. The Morgan fingerprint density at radius 3 is 2.50 bits per heavy atom. The number of carbonyl (C=O) groups is 3. The highest BCUT2D eigenvalue weighted by molar-refractivity contribution is 5.94. The van der Waals surface area contributed by atoms with E-state index in [2.05, 4.69) is 5.32 Å². The van der Waals surface area contributed by atoms with Crippen LogP contribution in [0.1, 0.15) is 44.1 Å². The predicted molar refractivity (Wildman–Crippen MR) is 171 cm³/mol. The van der Waals surface area contributed by atoms with E-state index in [1.165, 1.54) is 0 Å². The SMILES string of the molecule is COc1ccc(-c2nc(O[C@@H]3C[C@H]4C(=O)N[C@]5(C(=O)O)C[C@H]5/C=C\CCCCN(C)C(=O)[C@@H]4C3)c3ccc(OC)c(C)c3n2)cc1. The van der Waals surface area contributed by atoms with Gasteiger partial charge in [-0.1, -0.05) is 12.2 Å². The highest BCUT2D eigenvalue weighted by Crippen LogP contribution is 2.46. The van der Waals surface area contributed by atoms with Crippen LogP contribution in [-0.2, 0) is 14.4 Å². The standard InChI is InChI=1S/C35H40N4O7/c1-20-28(45-4)15-14-25-29(20)36-30(21-10-12-23(44-3)13-11-21)37-32(25)46-24-17-26-27(18-24)33(41)39(2)16-8-6-5-7-9-22-19-35(22,34(42)43)38-31(26)40/h7,9-15,22,24,26-27H,5-6,8,16-19H2,1-4H3,(H,38,40)(H,42,43)/b9-7-/t22-,24-,26-,27-,35-/m1/s1. The van der Waals surface area contributed by atoms with E-state index in [1.807, 2.05) is 55.5 Å². The summed E-state index contributed by atoms with van der Waals surface area (Å²) >= 11 is 0. The maximum atomic E-state index is 13.8. The van der Waals surface area contributed by atoms with E-state index in [0.717, 1.165) is 30.4 Å². The van der Waals surface area contributed by atoms with Crippen LogP contribution in [-0.4, -0.2) is 77.2 Å². The van der Waals surface area contributed by atoms with Gasteiger partial charge in [0.25, 0.3) is 0 Å². The van der Waals surface area contributed by atoms with E-state index in [0.29, 0.717) is 53.5 Å². The van der Waals surface area contributed by atoms with Crippen molar-refractivity contribution in [1.82, 2.24) is 20.2 Å². The van der Waals surface area contributed by atoms with E-state index in [-0.39, 0.29) is 18.2 Å². The van der Waals surface area contributed by atoms with E-state index in [9.17, 15) is 19.5 Å². The zero-order chi connectivity index (χ0) is 32.6. The van der Waals surface area contributed by atoms with Crippen LogP contribution in [0.5, 0.6) is 17.4 Å². The summed E-state index contributed by atoms with van der Waals surface area (Å²) in [6.45, 7) is 2.50. The Morgan fingerprint density at radius 2 is 1.78 bits per heavy atom. The molecular weight excluding hydrogens is 588 g/mol. The van der Waals surface area contributed by atoms with Crippen molar-refractivity contribution in [2.75, 3.05) is 27.8 Å². The minimum absolute atomic E-state index is 0.136. The number of fused-ring (bicyclic) bond motifs is 3. The maximum absolute atomic E-state index is 13.8. The van der Waals surface area contributed by atoms with Crippen LogP contribution in [0.3, 0.4) is 0 Å². The van der Waals surface area contributed by atoms with Crippen molar-refractivity contribution < 1.29 is 33.7 Å². The number of hydrogen-bond donors (Lipinski definition) is 2. The first-order valence-electron chi connectivity index (χ1n) is 15.8. The number of benzene rings is 2. The Balaban J connectivity index is 1.35. The molecule has 6 rings (SSSR count). The highest BCUT2D eigenvalue weighted by Gasteiger charge is 2.61. The lowest BCUT2D eigenvalue weighted by atomic mass is 9.93. The molecule has 0 saturated heterocycles. The van der Waals surface area contributed by atoms with Gasteiger partial charge in [-0.15, -0.1) is 0 Å². The molecule has 2 amide bonds. The topological polar surface area (TPSA) is 140 Å². The summed E-state index contributed by atoms with van der Waals surface area (Å²) in [7, 11) is 4.97. The summed E-state index contributed by atoms with van der Waals surface area (Å²) in [6.07, 6.45) is 6.73. The Hall–Kier alpha value is -4.67. The van der Waals surface area contributed by atoms with Gasteiger partial charge in [-0.05, 0) is 81.8 Å². The molecule has 0 radical (unpaired) electrons. The molecule has 5 atom stereocenters. The number of carbonyl (C=O) groups excluding carboxylic acids is 2. The number of aryl methyl sites for hydroxylation is 1. The third kappa shape index (κ3) is 5.86. The minimum atomic E-state index is -1.34. The maximum Gasteiger partial charge on any atom is 0.330 e. The van der Waals surface area contributed by atoms with Gasteiger partial charge >= 0.3 is 5.97 Å². The lowest BCUT2D eigenvalue weighted by Crippen LogP contribution is -2.49. The van der Waals surface area contributed by atoms with Gasteiger partial charge in [0.05, 0.1) is 37.0 Å². The third-order valence-corrected chi connectivity index (χ3v) is 9.66. The summed E-state index contributed by atoms with van der Waals surface area (Å²) in [5, 5.41) is 13.6. The van der Waals surface area contributed by atoms with Gasteiger partial charge in [-0.3, -0.25) is 9.59 Å². The zero-order valence-electron chi connectivity index (χ0n) is 26.6. The number of rotatable bonds is 6. The summed E-state index contributed by atoms with van der Waals surface area (Å²) in [5.41, 5.74) is 0.904. The number of aliphatic carboxylic acids is 1. The second-order valence-corrected chi connectivity index (χ2v) is 12.6. The van der Waals surface area contributed by atoms with Gasteiger partial charge in [0.2, 0.25) is 17.7 Å². The van der Waals surface area contributed by atoms with Crippen LogP contribution in [0.15, 0.2) is 48.6 Å². The quantitative estimate of drug-likeness (QED) is 0.376. The molecule has 1 aliphatic heterocycles. The lowest BCUT2D eigenvalue weighted by Gasteiger charge is -2.26. The molecule has 11 nitrogen and oxygen atoms in total. The summed E-state index contributed by atoms with van der Waals surface area (Å²) in [4.78, 5) is 51.3. The van der Waals surface area contributed by atoms with Crippen LogP contribution in [0, 0.1) is 24.7 Å². The minimum Gasteiger partial charge on any atom is -0.497 e. The molecule has 242 valence electrons. The first-order chi connectivity index (χ1) is 22.1. The molecule has 2 N–H and O–H groups in total. The number of ether oxygens (including phenoxy) is 3. The van der Waals surface area contributed by atoms with Crippen molar-refractivity contribution in [3.63, 3.8) is 0 Å². The molecule has 46 heavy (non-hydrogen) atoms. The molecule has 2 saturated carbocycles. The molecule has 0 spiro atoms. The molecule has 2 heterocycles. The van der Waals surface area contributed by atoms with Gasteiger partial charge in [-0.25, -0.2) is 9.78 Å². The molecule has 0 bridgehead atoms. The Labute approximate surface area is 267 Å². The number of amides is 2. The fourth-order valence-electron chi connectivity index (χ4n) is 6.81.